The number of benzene rings is 1. The molecule has 0 aliphatic rings. The Bertz CT molecular complexity index is 719. The maximum absolute atomic E-state index is 12.2. The fraction of sp³-hybridized carbons (Fsp3) is 0.333. The third kappa shape index (κ3) is 3.72. The Morgan fingerprint density at radius 1 is 1.19 bits per heavy atom. The van der Waals surface area contributed by atoms with Crippen molar-refractivity contribution in [3.63, 3.8) is 0 Å². The van der Waals surface area contributed by atoms with Gasteiger partial charge < -0.3 is 9.52 Å². The lowest BCUT2D eigenvalue weighted by Crippen LogP contribution is -2.23. The number of nitrogens with one attached hydrogen (secondary N) is 1. The zero-order valence-electron chi connectivity index (χ0n) is 12.1. The summed E-state index contributed by atoms with van der Waals surface area (Å²) in [6.07, 6.45) is 0.745. The minimum Gasteiger partial charge on any atom is -0.465 e. The topological polar surface area (TPSA) is 79.5 Å². The second-order valence-corrected chi connectivity index (χ2v) is 6.55. The maximum atomic E-state index is 12.2. The highest BCUT2D eigenvalue weighted by molar-refractivity contribution is 7.89. The first-order valence-corrected chi connectivity index (χ1v) is 8.22. The molecule has 0 aliphatic heterocycles. The Labute approximate surface area is 124 Å². The summed E-state index contributed by atoms with van der Waals surface area (Å²) in [5, 5.41) is 9.32. The molecule has 1 aromatic carbocycles. The van der Waals surface area contributed by atoms with Crippen molar-refractivity contribution in [2.24, 2.45) is 0 Å². The predicted molar refractivity (Wildman–Crippen MR) is 79.2 cm³/mol. The molecule has 1 aromatic heterocycles. The Morgan fingerprint density at radius 3 is 2.52 bits per heavy atom. The minimum atomic E-state index is -3.63. The maximum Gasteiger partial charge on any atom is 0.240 e. The molecule has 1 heterocycles. The molecule has 5 nitrogen and oxygen atoms in total. The van der Waals surface area contributed by atoms with Crippen molar-refractivity contribution >= 4 is 10.0 Å². The highest BCUT2D eigenvalue weighted by Crippen LogP contribution is 2.17. The van der Waals surface area contributed by atoms with Crippen LogP contribution in [0.3, 0.4) is 0 Å². The van der Waals surface area contributed by atoms with Gasteiger partial charge in [0.25, 0.3) is 0 Å². The molecule has 0 unspecified atom stereocenters. The number of rotatable bonds is 6. The van der Waals surface area contributed by atoms with E-state index in [2.05, 4.69) is 4.72 Å². The van der Waals surface area contributed by atoms with E-state index in [1.807, 2.05) is 6.92 Å². The van der Waals surface area contributed by atoms with Crippen LogP contribution in [0.15, 0.2) is 39.6 Å². The first-order valence-electron chi connectivity index (χ1n) is 6.74. The Kier molecular flexibility index (Phi) is 4.82. The van der Waals surface area contributed by atoms with E-state index in [9.17, 15) is 13.5 Å². The van der Waals surface area contributed by atoms with E-state index in [4.69, 9.17) is 4.42 Å². The molecule has 2 N–H and O–H groups in total. The molecule has 114 valence electrons. The van der Waals surface area contributed by atoms with Gasteiger partial charge in [0.1, 0.15) is 11.5 Å². The molecule has 0 fully saturated rings. The Balaban J connectivity index is 2.19. The van der Waals surface area contributed by atoms with Gasteiger partial charge in [0.05, 0.1) is 18.0 Å². The molecular weight excluding hydrogens is 290 g/mol. The van der Waals surface area contributed by atoms with E-state index in [1.54, 1.807) is 31.2 Å². The van der Waals surface area contributed by atoms with Gasteiger partial charge in [0, 0.05) is 0 Å². The van der Waals surface area contributed by atoms with Crippen molar-refractivity contribution in [2.45, 2.75) is 38.3 Å². The van der Waals surface area contributed by atoms with Gasteiger partial charge in [-0.3, -0.25) is 0 Å². The van der Waals surface area contributed by atoms with Gasteiger partial charge in [-0.15, -0.1) is 0 Å². The number of aryl methyl sites for hydroxylation is 2. The predicted octanol–water partition coefficient (Wildman–Crippen LogP) is 2.12. The van der Waals surface area contributed by atoms with Crippen molar-refractivity contribution in [3.8, 4) is 0 Å². The normalized spacial score (nSPS) is 11.8. The average Bonchev–Trinajstić information content (AvgIpc) is 2.90. The zero-order chi connectivity index (χ0) is 15.5. The van der Waals surface area contributed by atoms with Crippen LogP contribution in [-0.4, -0.2) is 13.5 Å². The second-order valence-electron chi connectivity index (χ2n) is 4.78. The number of aliphatic hydroxyl groups excluding tert-OH is 1. The number of sulfonamides is 1. The number of hydrogen-bond acceptors (Lipinski definition) is 4. The van der Waals surface area contributed by atoms with Crippen LogP contribution in [0.4, 0.5) is 0 Å². The van der Waals surface area contributed by atoms with Crippen LogP contribution in [0.5, 0.6) is 0 Å². The van der Waals surface area contributed by atoms with E-state index in [0.29, 0.717) is 11.3 Å². The second kappa shape index (κ2) is 6.43. The highest BCUT2D eigenvalue weighted by Gasteiger charge is 2.16. The van der Waals surface area contributed by atoms with Crippen LogP contribution in [0, 0.1) is 6.92 Å². The summed E-state index contributed by atoms with van der Waals surface area (Å²) in [4.78, 5) is 0.145. The molecule has 0 saturated heterocycles. The summed E-state index contributed by atoms with van der Waals surface area (Å²) in [7, 11) is -3.63. The molecule has 0 bridgehead atoms. The summed E-state index contributed by atoms with van der Waals surface area (Å²) in [6.45, 7) is 3.68. The van der Waals surface area contributed by atoms with E-state index in [0.717, 1.165) is 17.7 Å². The first kappa shape index (κ1) is 15.8. The minimum absolute atomic E-state index is 0.0974. The summed E-state index contributed by atoms with van der Waals surface area (Å²) in [5.74, 6) is 1.29. The Hall–Kier alpha value is -1.63. The molecule has 0 saturated carbocycles. The van der Waals surface area contributed by atoms with Gasteiger partial charge in [0.2, 0.25) is 10.0 Å². The zero-order valence-corrected chi connectivity index (χ0v) is 12.9. The van der Waals surface area contributed by atoms with Gasteiger partial charge in [-0.25, -0.2) is 13.1 Å². The van der Waals surface area contributed by atoms with Crippen molar-refractivity contribution in [1.82, 2.24) is 4.72 Å². The van der Waals surface area contributed by atoms with Gasteiger partial charge in [-0.2, -0.15) is 0 Å². The lowest BCUT2D eigenvalue weighted by Gasteiger charge is -2.10. The third-order valence-corrected chi connectivity index (χ3v) is 4.67. The summed E-state index contributed by atoms with van der Waals surface area (Å²) < 4.78 is 32.3. The molecule has 0 spiro atoms. The lowest BCUT2D eigenvalue weighted by molar-refractivity contribution is 0.280. The SMILES string of the molecule is CCc1ccc(S(=O)(=O)NCc2ccc(C)o2)cc1CO. The monoisotopic (exact) mass is 309 g/mol. The molecular formula is C15H19NO4S. The summed E-state index contributed by atoms with van der Waals surface area (Å²) in [5.41, 5.74) is 1.58. The van der Waals surface area contributed by atoms with E-state index in [1.165, 1.54) is 6.07 Å². The molecule has 2 rings (SSSR count). The average molecular weight is 309 g/mol. The quantitative estimate of drug-likeness (QED) is 0.856. The standard InChI is InChI=1S/C15H19NO4S/c1-3-12-5-7-15(8-13(12)10-17)21(18,19)16-9-14-6-4-11(2)20-14/h4-8,16-17H,3,9-10H2,1-2H3. The highest BCUT2D eigenvalue weighted by atomic mass is 32.2. The van der Waals surface area contributed by atoms with Crippen LogP contribution in [0.25, 0.3) is 0 Å². The van der Waals surface area contributed by atoms with Crippen molar-refractivity contribution in [1.29, 1.82) is 0 Å². The Morgan fingerprint density at radius 2 is 1.95 bits per heavy atom. The first-order chi connectivity index (χ1) is 9.96. The van der Waals surface area contributed by atoms with Crippen LogP contribution in [-0.2, 0) is 29.6 Å². The van der Waals surface area contributed by atoms with Gasteiger partial charge in [0.15, 0.2) is 0 Å². The fourth-order valence-electron chi connectivity index (χ4n) is 2.09. The molecule has 0 aliphatic carbocycles. The van der Waals surface area contributed by atoms with Gasteiger partial charge in [-0.1, -0.05) is 13.0 Å². The van der Waals surface area contributed by atoms with Crippen LogP contribution in [0.2, 0.25) is 0 Å². The van der Waals surface area contributed by atoms with Crippen LogP contribution >= 0.6 is 0 Å². The molecule has 0 amide bonds. The van der Waals surface area contributed by atoms with E-state index in [-0.39, 0.29) is 18.0 Å². The van der Waals surface area contributed by atoms with E-state index < -0.39 is 10.0 Å². The van der Waals surface area contributed by atoms with Crippen LogP contribution in [0.1, 0.15) is 29.6 Å². The van der Waals surface area contributed by atoms with Crippen molar-refractivity contribution in [3.05, 3.63) is 53.0 Å². The van der Waals surface area contributed by atoms with Crippen LogP contribution < -0.4 is 4.72 Å². The summed E-state index contributed by atoms with van der Waals surface area (Å²) >= 11 is 0. The largest absolute Gasteiger partial charge is 0.465 e. The third-order valence-electron chi connectivity index (χ3n) is 3.27. The number of hydrogen-bond donors (Lipinski definition) is 2. The molecule has 6 heteroatoms. The summed E-state index contributed by atoms with van der Waals surface area (Å²) in [6, 6.07) is 8.31. The van der Waals surface area contributed by atoms with Gasteiger partial charge >= 0.3 is 0 Å². The fourth-order valence-corrected chi connectivity index (χ4v) is 3.13. The molecule has 21 heavy (non-hydrogen) atoms. The van der Waals surface area contributed by atoms with Crippen molar-refractivity contribution < 1.29 is 17.9 Å². The molecule has 0 radical (unpaired) electrons. The molecule has 0 atom stereocenters. The smallest absolute Gasteiger partial charge is 0.240 e. The van der Waals surface area contributed by atoms with Gasteiger partial charge in [-0.05, 0) is 48.7 Å². The lowest BCUT2D eigenvalue weighted by atomic mass is 10.1. The van der Waals surface area contributed by atoms with E-state index >= 15 is 0 Å². The molecule has 2 aromatic rings. The van der Waals surface area contributed by atoms with Crippen molar-refractivity contribution in [2.75, 3.05) is 0 Å². The number of furan rings is 1. The number of aliphatic hydroxyl groups is 1.